The van der Waals surface area contributed by atoms with Gasteiger partial charge in [-0.1, -0.05) is 6.07 Å². The molecule has 2 amide bonds. The van der Waals surface area contributed by atoms with Crippen molar-refractivity contribution in [3.05, 3.63) is 53.6 Å². The molecule has 1 saturated carbocycles. The van der Waals surface area contributed by atoms with E-state index in [0.29, 0.717) is 16.9 Å². The van der Waals surface area contributed by atoms with Gasteiger partial charge in [0.1, 0.15) is 0 Å². The predicted octanol–water partition coefficient (Wildman–Crippen LogP) is 4.25. The minimum Gasteiger partial charge on any atom is -0.374 e. The molecule has 2 aromatic carbocycles. The molecule has 0 unspecified atom stereocenters. The van der Waals surface area contributed by atoms with Gasteiger partial charge in [0, 0.05) is 30.4 Å². The molecule has 0 atom stereocenters. The number of halogens is 3. The van der Waals surface area contributed by atoms with Gasteiger partial charge in [-0.2, -0.15) is 13.2 Å². The monoisotopic (exact) mass is 446 g/mol. The zero-order chi connectivity index (χ0) is 22.7. The van der Waals surface area contributed by atoms with Crippen LogP contribution in [-0.4, -0.2) is 37.5 Å². The minimum atomic E-state index is -4.47. The molecule has 0 radical (unpaired) electrons. The fourth-order valence-corrected chi connectivity index (χ4v) is 3.70. The number of alkyl halides is 3. The summed E-state index contributed by atoms with van der Waals surface area (Å²) >= 11 is 0. The molecule has 1 saturated heterocycles. The van der Waals surface area contributed by atoms with Crippen molar-refractivity contribution in [1.82, 2.24) is 5.32 Å². The van der Waals surface area contributed by atoms with E-state index in [1.54, 1.807) is 24.3 Å². The van der Waals surface area contributed by atoms with Crippen LogP contribution in [0.4, 0.5) is 30.2 Å². The van der Waals surface area contributed by atoms with Crippen molar-refractivity contribution in [3.63, 3.8) is 0 Å². The van der Waals surface area contributed by atoms with E-state index in [2.05, 4.69) is 16.0 Å². The molecule has 1 heterocycles. The number of benzene rings is 2. The maximum absolute atomic E-state index is 13.2. The Labute approximate surface area is 184 Å². The lowest BCUT2D eigenvalue weighted by Gasteiger charge is -2.23. The summed E-state index contributed by atoms with van der Waals surface area (Å²) in [5.41, 5.74) is 1.05. The molecule has 0 spiro atoms. The maximum Gasteiger partial charge on any atom is 0.416 e. The molecular weight excluding hydrogens is 421 g/mol. The van der Waals surface area contributed by atoms with E-state index in [1.165, 1.54) is 6.07 Å². The van der Waals surface area contributed by atoms with Gasteiger partial charge in [0.15, 0.2) is 0 Å². The fraction of sp³-hybridized carbons (Fsp3) is 0.391. The SMILES string of the molecule is O=C(CNc1cc(C(F)(F)F)ccc1N1CCCC1)Nc1cccc(C(=O)NC2CC2)c1. The number of anilines is 3. The van der Waals surface area contributed by atoms with Gasteiger partial charge in [-0.05, 0) is 62.1 Å². The highest BCUT2D eigenvalue weighted by molar-refractivity contribution is 5.98. The van der Waals surface area contributed by atoms with Gasteiger partial charge in [-0.15, -0.1) is 0 Å². The highest BCUT2D eigenvalue weighted by atomic mass is 19.4. The third kappa shape index (κ3) is 5.52. The Hall–Kier alpha value is -3.23. The summed E-state index contributed by atoms with van der Waals surface area (Å²) in [4.78, 5) is 26.7. The Morgan fingerprint density at radius 1 is 1.03 bits per heavy atom. The Balaban J connectivity index is 1.42. The summed E-state index contributed by atoms with van der Waals surface area (Å²) in [5, 5.41) is 8.44. The van der Waals surface area contributed by atoms with Crippen LogP contribution in [0.3, 0.4) is 0 Å². The molecule has 4 rings (SSSR count). The van der Waals surface area contributed by atoms with E-state index in [0.717, 1.165) is 50.9 Å². The van der Waals surface area contributed by atoms with Crippen molar-refractivity contribution in [3.8, 4) is 0 Å². The molecule has 32 heavy (non-hydrogen) atoms. The standard InChI is InChI=1S/C23H25F3N4O2/c24-23(25,26)16-6-9-20(30-10-1-2-11-30)19(13-16)27-14-21(31)28-18-5-3-4-15(12-18)22(32)29-17-7-8-17/h3-6,9,12-13,17,27H,1-2,7-8,10-11,14H2,(H,28,31)(H,29,32). The molecule has 170 valence electrons. The van der Waals surface area contributed by atoms with Gasteiger partial charge in [0.25, 0.3) is 5.91 Å². The maximum atomic E-state index is 13.2. The zero-order valence-electron chi connectivity index (χ0n) is 17.5. The molecule has 3 N–H and O–H groups in total. The van der Waals surface area contributed by atoms with Crippen molar-refractivity contribution in [2.75, 3.05) is 35.2 Å². The molecule has 2 aliphatic rings. The van der Waals surface area contributed by atoms with Crippen LogP contribution in [0.5, 0.6) is 0 Å². The van der Waals surface area contributed by atoms with Crippen LogP contribution in [0.25, 0.3) is 0 Å². The average Bonchev–Trinajstić information content (AvgIpc) is 3.40. The molecule has 1 aliphatic carbocycles. The number of amides is 2. The van der Waals surface area contributed by atoms with Crippen molar-refractivity contribution >= 4 is 28.9 Å². The van der Waals surface area contributed by atoms with Crippen molar-refractivity contribution < 1.29 is 22.8 Å². The molecule has 1 aliphatic heterocycles. The van der Waals surface area contributed by atoms with Crippen LogP contribution in [0, 0.1) is 0 Å². The molecule has 2 aromatic rings. The van der Waals surface area contributed by atoms with Gasteiger partial charge in [-0.25, -0.2) is 0 Å². The van der Waals surface area contributed by atoms with Gasteiger partial charge in [0.05, 0.1) is 23.5 Å². The van der Waals surface area contributed by atoms with Crippen LogP contribution >= 0.6 is 0 Å². The van der Waals surface area contributed by atoms with E-state index >= 15 is 0 Å². The number of carbonyl (C=O) groups is 2. The van der Waals surface area contributed by atoms with Gasteiger partial charge < -0.3 is 20.9 Å². The molecular formula is C23H25F3N4O2. The molecule has 0 aromatic heterocycles. The number of nitrogens with zero attached hydrogens (tertiary/aromatic N) is 1. The Bertz CT molecular complexity index is 999. The first kappa shape index (κ1) is 22.0. The van der Waals surface area contributed by atoms with E-state index in [1.807, 2.05) is 4.90 Å². The van der Waals surface area contributed by atoms with Crippen LogP contribution < -0.4 is 20.9 Å². The second-order valence-electron chi connectivity index (χ2n) is 8.15. The second-order valence-corrected chi connectivity index (χ2v) is 8.15. The molecule has 6 nitrogen and oxygen atoms in total. The third-order valence-electron chi connectivity index (χ3n) is 5.53. The van der Waals surface area contributed by atoms with Crippen molar-refractivity contribution in [2.24, 2.45) is 0 Å². The predicted molar refractivity (Wildman–Crippen MR) is 117 cm³/mol. The quantitative estimate of drug-likeness (QED) is 0.595. The lowest BCUT2D eigenvalue weighted by Crippen LogP contribution is -2.26. The van der Waals surface area contributed by atoms with E-state index in [4.69, 9.17) is 0 Å². The minimum absolute atomic E-state index is 0.194. The zero-order valence-corrected chi connectivity index (χ0v) is 17.5. The summed E-state index contributed by atoms with van der Waals surface area (Å²) < 4.78 is 39.6. The van der Waals surface area contributed by atoms with E-state index < -0.39 is 17.6 Å². The largest absolute Gasteiger partial charge is 0.416 e. The number of hydrogen-bond acceptors (Lipinski definition) is 4. The fourth-order valence-electron chi connectivity index (χ4n) is 3.70. The Kier molecular flexibility index (Phi) is 6.25. The third-order valence-corrected chi connectivity index (χ3v) is 5.53. The molecule has 2 fully saturated rings. The number of rotatable bonds is 7. The van der Waals surface area contributed by atoms with Crippen molar-refractivity contribution in [2.45, 2.75) is 37.9 Å². The normalized spacial score (nSPS) is 16.0. The van der Waals surface area contributed by atoms with Crippen LogP contribution in [0.2, 0.25) is 0 Å². The first-order valence-electron chi connectivity index (χ1n) is 10.7. The molecule has 9 heteroatoms. The van der Waals surface area contributed by atoms with E-state index in [9.17, 15) is 22.8 Å². The van der Waals surface area contributed by atoms with E-state index in [-0.39, 0.29) is 24.2 Å². The Morgan fingerprint density at radius 3 is 2.47 bits per heavy atom. The lowest BCUT2D eigenvalue weighted by atomic mass is 10.1. The number of hydrogen-bond donors (Lipinski definition) is 3. The number of nitrogens with one attached hydrogen (secondary N) is 3. The van der Waals surface area contributed by atoms with Gasteiger partial charge in [0.2, 0.25) is 5.91 Å². The smallest absolute Gasteiger partial charge is 0.374 e. The van der Waals surface area contributed by atoms with Gasteiger partial charge in [-0.3, -0.25) is 9.59 Å². The average molecular weight is 446 g/mol. The topological polar surface area (TPSA) is 73.5 Å². The lowest BCUT2D eigenvalue weighted by molar-refractivity contribution is -0.137. The van der Waals surface area contributed by atoms with Crippen LogP contribution in [0.15, 0.2) is 42.5 Å². The summed E-state index contributed by atoms with van der Waals surface area (Å²) in [7, 11) is 0. The summed E-state index contributed by atoms with van der Waals surface area (Å²) in [6.07, 6.45) is -0.563. The summed E-state index contributed by atoms with van der Waals surface area (Å²) in [5.74, 6) is -0.615. The van der Waals surface area contributed by atoms with Crippen molar-refractivity contribution in [1.29, 1.82) is 0 Å². The summed E-state index contributed by atoms with van der Waals surface area (Å²) in [6, 6.07) is 10.4. The molecule has 0 bridgehead atoms. The highest BCUT2D eigenvalue weighted by Gasteiger charge is 2.31. The Morgan fingerprint density at radius 2 is 1.78 bits per heavy atom. The van der Waals surface area contributed by atoms with Crippen LogP contribution in [0.1, 0.15) is 41.6 Å². The first-order chi connectivity index (χ1) is 15.3. The highest BCUT2D eigenvalue weighted by Crippen LogP contribution is 2.36. The van der Waals surface area contributed by atoms with Gasteiger partial charge >= 0.3 is 6.18 Å². The van der Waals surface area contributed by atoms with Crippen LogP contribution in [-0.2, 0) is 11.0 Å². The number of carbonyl (C=O) groups excluding carboxylic acids is 2. The first-order valence-corrected chi connectivity index (χ1v) is 10.7. The summed E-state index contributed by atoms with van der Waals surface area (Å²) in [6.45, 7) is 1.32. The second kappa shape index (κ2) is 9.10.